The second kappa shape index (κ2) is 10.4. The molecule has 1 aromatic rings. The van der Waals surface area contributed by atoms with Gasteiger partial charge in [0.1, 0.15) is 12.4 Å². The van der Waals surface area contributed by atoms with Crippen LogP contribution in [0.15, 0.2) is 29.3 Å². The smallest absolute Gasteiger partial charge is 0.191 e. The molecule has 0 aliphatic heterocycles. The molecule has 1 rings (SSSR count). The lowest BCUT2D eigenvalue weighted by Gasteiger charge is -2.12. The number of aryl methyl sites for hydroxylation is 1. The first-order chi connectivity index (χ1) is 9.76. The van der Waals surface area contributed by atoms with Gasteiger partial charge in [0.15, 0.2) is 5.96 Å². The lowest BCUT2D eigenvalue weighted by Crippen LogP contribution is -2.39. The van der Waals surface area contributed by atoms with Crippen molar-refractivity contribution < 1.29 is 4.74 Å². The quantitative estimate of drug-likeness (QED) is 0.439. The Bertz CT molecular complexity index is 393. The largest absolute Gasteiger partial charge is 0.492 e. The Hall–Kier alpha value is -1.36. The van der Waals surface area contributed by atoms with Crippen LogP contribution in [-0.2, 0) is 0 Å². The molecule has 0 aliphatic rings. The van der Waals surface area contributed by atoms with Crippen LogP contribution >= 0.6 is 11.8 Å². The summed E-state index contributed by atoms with van der Waals surface area (Å²) in [6, 6.07) is 8.08. The second-order valence-corrected chi connectivity index (χ2v) is 5.42. The second-order valence-electron chi connectivity index (χ2n) is 4.43. The van der Waals surface area contributed by atoms with Gasteiger partial charge in [-0.05, 0) is 37.5 Å². The Balaban J connectivity index is 2.13. The molecule has 1 aromatic carbocycles. The molecule has 4 nitrogen and oxygen atoms in total. The van der Waals surface area contributed by atoms with Crippen LogP contribution in [0.25, 0.3) is 0 Å². The molecule has 0 atom stereocenters. The maximum absolute atomic E-state index is 5.65. The Labute approximate surface area is 126 Å². The average Bonchev–Trinajstić information content (AvgIpc) is 2.47. The van der Waals surface area contributed by atoms with Gasteiger partial charge >= 0.3 is 0 Å². The number of aliphatic imine (C=N–C) groups is 1. The van der Waals surface area contributed by atoms with Gasteiger partial charge in [0.2, 0.25) is 0 Å². The third-order valence-corrected chi connectivity index (χ3v) is 3.42. The number of rotatable bonds is 8. The van der Waals surface area contributed by atoms with E-state index >= 15 is 0 Å². The molecule has 0 aliphatic carbocycles. The van der Waals surface area contributed by atoms with Crippen LogP contribution in [0.2, 0.25) is 0 Å². The molecule has 5 heteroatoms. The molecule has 0 radical (unpaired) electrons. The van der Waals surface area contributed by atoms with Gasteiger partial charge in [-0.2, -0.15) is 11.8 Å². The fraction of sp³-hybridized carbons (Fsp3) is 0.533. The lowest BCUT2D eigenvalue weighted by atomic mass is 10.2. The molecule has 0 fully saturated rings. The molecule has 112 valence electrons. The van der Waals surface area contributed by atoms with E-state index in [0.717, 1.165) is 31.2 Å². The zero-order valence-electron chi connectivity index (χ0n) is 12.6. The van der Waals surface area contributed by atoms with E-state index in [1.54, 1.807) is 7.05 Å². The predicted octanol–water partition coefficient (Wildman–Crippen LogP) is 2.29. The van der Waals surface area contributed by atoms with Gasteiger partial charge in [-0.25, -0.2) is 0 Å². The number of benzene rings is 1. The van der Waals surface area contributed by atoms with Crippen LogP contribution in [0.4, 0.5) is 0 Å². The number of hydrogen-bond acceptors (Lipinski definition) is 3. The van der Waals surface area contributed by atoms with Crippen molar-refractivity contribution in [1.29, 1.82) is 0 Å². The summed E-state index contributed by atoms with van der Waals surface area (Å²) >= 11 is 1.86. The molecule has 0 aromatic heterocycles. The Morgan fingerprint density at radius 2 is 1.90 bits per heavy atom. The monoisotopic (exact) mass is 295 g/mol. The number of ether oxygens (including phenoxy) is 1. The van der Waals surface area contributed by atoms with Crippen molar-refractivity contribution in [1.82, 2.24) is 10.6 Å². The van der Waals surface area contributed by atoms with Crippen LogP contribution in [0.5, 0.6) is 5.75 Å². The van der Waals surface area contributed by atoms with Crippen LogP contribution in [0.3, 0.4) is 0 Å². The van der Waals surface area contributed by atoms with Gasteiger partial charge in [-0.3, -0.25) is 4.99 Å². The summed E-state index contributed by atoms with van der Waals surface area (Å²) < 4.78 is 5.65. The van der Waals surface area contributed by atoms with Crippen LogP contribution < -0.4 is 15.4 Å². The molecule has 0 amide bonds. The third kappa shape index (κ3) is 7.28. The van der Waals surface area contributed by atoms with E-state index in [0.29, 0.717) is 6.61 Å². The number of guanidine groups is 1. The van der Waals surface area contributed by atoms with Gasteiger partial charge in [0.05, 0.1) is 6.54 Å². The minimum atomic E-state index is 0.620. The molecule has 0 saturated heterocycles. The Kier molecular flexibility index (Phi) is 8.71. The van der Waals surface area contributed by atoms with Crippen molar-refractivity contribution in [2.75, 3.05) is 38.8 Å². The standard InChI is InChI=1S/C15H25N3OS/c1-13-5-7-14(8-6-13)19-11-10-18-15(16-2)17-9-4-12-20-3/h5-8H,4,9-12H2,1-3H3,(H2,16,17,18). The summed E-state index contributed by atoms with van der Waals surface area (Å²) in [6.07, 6.45) is 3.26. The van der Waals surface area contributed by atoms with E-state index in [1.807, 2.05) is 23.9 Å². The van der Waals surface area contributed by atoms with E-state index < -0.39 is 0 Å². The van der Waals surface area contributed by atoms with E-state index in [4.69, 9.17) is 4.74 Å². The molecule has 0 saturated carbocycles. The molecular weight excluding hydrogens is 270 g/mol. The van der Waals surface area contributed by atoms with Crippen LogP contribution in [0.1, 0.15) is 12.0 Å². The summed E-state index contributed by atoms with van der Waals surface area (Å²) in [5, 5.41) is 6.52. The van der Waals surface area contributed by atoms with Crippen molar-refractivity contribution in [2.24, 2.45) is 4.99 Å². The van der Waals surface area contributed by atoms with E-state index in [1.165, 1.54) is 11.3 Å². The zero-order chi connectivity index (χ0) is 14.6. The van der Waals surface area contributed by atoms with Gasteiger partial charge in [0.25, 0.3) is 0 Å². The molecule has 0 unspecified atom stereocenters. The summed E-state index contributed by atoms with van der Waals surface area (Å²) in [5.74, 6) is 2.90. The highest BCUT2D eigenvalue weighted by Crippen LogP contribution is 2.10. The first-order valence-electron chi connectivity index (χ1n) is 6.89. The van der Waals surface area contributed by atoms with E-state index in [2.05, 4.69) is 40.9 Å². The van der Waals surface area contributed by atoms with Crippen molar-refractivity contribution >= 4 is 17.7 Å². The summed E-state index contributed by atoms with van der Waals surface area (Å²) in [5.41, 5.74) is 1.24. The van der Waals surface area contributed by atoms with E-state index in [-0.39, 0.29) is 0 Å². The highest BCUT2D eigenvalue weighted by molar-refractivity contribution is 7.98. The maximum atomic E-state index is 5.65. The number of nitrogens with zero attached hydrogens (tertiary/aromatic N) is 1. The normalized spacial score (nSPS) is 11.2. The van der Waals surface area contributed by atoms with E-state index in [9.17, 15) is 0 Å². The fourth-order valence-electron chi connectivity index (χ4n) is 1.62. The number of nitrogens with one attached hydrogen (secondary N) is 2. The molecule has 0 heterocycles. The molecule has 0 spiro atoms. The number of hydrogen-bond donors (Lipinski definition) is 2. The predicted molar refractivity (Wildman–Crippen MR) is 89.0 cm³/mol. The van der Waals surface area contributed by atoms with Crippen molar-refractivity contribution in [3.05, 3.63) is 29.8 Å². The van der Waals surface area contributed by atoms with Crippen LogP contribution in [0, 0.1) is 6.92 Å². The van der Waals surface area contributed by atoms with Crippen molar-refractivity contribution in [2.45, 2.75) is 13.3 Å². The van der Waals surface area contributed by atoms with Crippen molar-refractivity contribution in [3.8, 4) is 5.75 Å². The average molecular weight is 295 g/mol. The highest BCUT2D eigenvalue weighted by Gasteiger charge is 1.97. The van der Waals surface area contributed by atoms with Gasteiger partial charge in [-0.15, -0.1) is 0 Å². The van der Waals surface area contributed by atoms with Crippen molar-refractivity contribution in [3.63, 3.8) is 0 Å². The zero-order valence-corrected chi connectivity index (χ0v) is 13.4. The minimum Gasteiger partial charge on any atom is -0.492 e. The molecule has 20 heavy (non-hydrogen) atoms. The molecule has 0 bridgehead atoms. The maximum Gasteiger partial charge on any atom is 0.191 e. The SMILES string of the molecule is CN=C(NCCCSC)NCCOc1ccc(C)cc1. The van der Waals surface area contributed by atoms with Crippen LogP contribution in [-0.4, -0.2) is 44.7 Å². The summed E-state index contributed by atoms with van der Waals surface area (Å²) in [4.78, 5) is 4.17. The van der Waals surface area contributed by atoms with Gasteiger partial charge < -0.3 is 15.4 Å². The lowest BCUT2D eigenvalue weighted by molar-refractivity contribution is 0.322. The number of thioether (sulfide) groups is 1. The summed E-state index contributed by atoms with van der Waals surface area (Å²) in [6.45, 7) is 4.36. The first kappa shape index (κ1) is 16.7. The van der Waals surface area contributed by atoms with Gasteiger partial charge in [-0.1, -0.05) is 17.7 Å². The topological polar surface area (TPSA) is 45.7 Å². The first-order valence-corrected chi connectivity index (χ1v) is 8.28. The summed E-state index contributed by atoms with van der Waals surface area (Å²) in [7, 11) is 1.78. The highest BCUT2D eigenvalue weighted by atomic mass is 32.2. The minimum absolute atomic E-state index is 0.620. The Morgan fingerprint density at radius 1 is 1.20 bits per heavy atom. The third-order valence-electron chi connectivity index (χ3n) is 2.73. The molecular formula is C15H25N3OS. The Morgan fingerprint density at radius 3 is 2.55 bits per heavy atom. The van der Waals surface area contributed by atoms with Gasteiger partial charge in [0, 0.05) is 13.6 Å². The fourth-order valence-corrected chi connectivity index (χ4v) is 2.05. The molecule has 2 N–H and O–H groups in total.